The minimum absolute atomic E-state index is 0.00507. The van der Waals surface area contributed by atoms with E-state index in [4.69, 9.17) is 16.2 Å². The number of nitrogens with zero attached hydrogens (tertiary/aromatic N) is 3. The third-order valence-corrected chi connectivity index (χ3v) is 3.20. The van der Waals surface area contributed by atoms with Crippen molar-refractivity contribution in [3.05, 3.63) is 23.8 Å². The molecule has 8 heteroatoms. The van der Waals surface area contributed by atoms with Crippen LogP contribution in [-0.2, 0) is 4.74 Å². The summed E-state index contributed by atoms with van der Waals surface area (Å²) >= 11 is 0. The molecule has 23 heavy (non-hydrogen) atoms. The van der Waals surface area contributed by atoms with Gasteiger partial charge in [0.1, 0.15) is 5.60 Å². The lowest BCUT2D eigenvalue weighted by Crippen LogP contribution is -2.39. The van der Waals surface area contributed by atoms with Crippen LogP contribution in [-0.4, -0.2) is 45.6 Å². The summed E-state index contributed by atoms with van der Waals surface area (Å²) in [5, 5.41) is 0. The minimum atomic E-state index is -0.696. The molecule has 1 aliphatic rings. The maximum absolute atomic E-state index is 12.0. The number of anilines is 1. The number of carbonyl (C=O) groups is 2. The van der Waals surface area contributed by atoms with Gasteiger partial charge in [0.15, 0.2) is 11.5 Å². The first-order valence-corrected chi connectivity index (χ1v) is 7.27. The Kier molecular flexibility index (Phi) is 4.53. The van der Waals surface area contributed by atoms with Crippen LogP contribution < -0.4 is 11.5 Å². The normalized spacial score (nSPS) is 15.1. The lowest BCUT2D eigenvalue weighted by molar-refractivity contribution is 0.0270. The van der Waals surface area contributed by atoms with Crippen LogP contribution in [0.25, 0.3) is 5.57 Å². The van der Waals surface area contributed by atoms with Crippen LogP contribution in [0.3, 0.4) is 0 Å². The van der Waals surface area contributed by atoms with Crippen molar-refractivity contribution in [1.82, 2.24) is 14.9 Å². The molecule has 0 radical (unpaired) electrons. The number of nitrogen functional groups attached to an aromatic ring is 1. The van der Waals surface area contributed by atoms with Gasteiger partial charge in [-0.25, -0.2) is 14.8 Å². The van der Waals surface area contributed by atoms with Crippen LogP contribution in [0.5, 0.6) is 0 Å². The van der Waals surface area contributed by atoms with E-state index in [1.807, 2.05) is 26.8 Å². The molecule has 0 fully saturated rings. The Morgan fingerprint density at radius 3 is 2.57 bits per heavy atom. The van der Waals surface area contributed by atoms with Gasteiger partial charge in [0.25, 0.3) is 5.91 Å². The van der Waals surface area contributed by atoms with Gasteiger partial charge < -0.3 is 21.1 Å². The maximum atomic E-state index is 12.0. The Bertz CT molecular complexity index is 664. The fourth-order valence-electron chi connectivity index (χ4n) is 2.11. The second-order valence-electron chi connectivity index (χ2n) is 6.27. The largest absolute Gasteiger partial charge is 0.444 e. The zero-order valence-electron chi connectivity index (χ0n) is 13.5. The molecule has 1 aromatic heterocycles. The van der Waals surface area contributed by atoms with Gasteiger partial charge in [0.05, 0.1) is 11.9 Å². The van der Waals surface area contributed by atoms with Crippen LogP contribution in [0.15, 0.2) is 12.3 Å². The Hall–Kier alpha value is -2.64. The average molecular weight is 319 g/mol. The summed E-state index contributed by atoms with van der Waals surface area (Å²) in [6.07, 6.45) is 3.40. The van der Waals surface area contributed by atoms with Gasteiger partial charge in [-0.2, -0.15) is 0 Å². The van der Waals surface area contributed by atoms with Crippen molar-refractivity contribution >= 4 is 23.3 Å². The SMILES string of the molecule is CC(C)(C)OC(=O)N1CC=C(c2ncc(N)c(C(N)=O)n2)CC1. The minimum Gasteiger partial charge on any atom is -0.444 e. The number of amides is 2. The predicted molar refractivity (Wildman–Crippen MR) is 85.4 cm³/mol. The third kappa shape index (κ3) is 4.18. The molecule has 0 saturated carbocycles. The molecule has 0 spiro atoms. The topological polar surface area (TPSA) is 124 Å². The highest BCUT2D eigenvalue weighted by molar-refractivity contribution is 5.95. The van der Waals surface area contributed by atoms with Crippen molar-refractivity contribution in [2.45, 2.75) is 32.8 Å². The summed E-state index contributed by atoms with van der Waals surface area (Å²) in [7, 11) is 0. The summed E-state index contributed by atoms with van der Waals surface area (Å²) in [5.41, 5.74) is 11.3. The maximum Gasteiger partial charge on any atom is 0.410 e. The molecule has 0 saturated heterocycles. The zero-order valence-corrected chi connectivity index (χ0v) is 13.5. The van der Waals surface area contributed by atoms with E-state index in [-0.39, 0.29) is 17.5 Å². The summed E-state index contributed by atoms with van der Waals surface area (Å²) in [5.74, 6) is -0.297. The number of ether oxygens (including phenoxy) is 1. The van der Waals surface area contributed by atoms with E-state index in [9.17, 15) is 9.59 Å². The Morgan fingerprint density at radius 1 is 1.35 bits per heavy atom. The highest BCUT2D eigenvalue weighted by Gasteiger charge is 2.24. The fraction of sp³-hybridized carbons (Fsp3) is 0.467. The van der Waals surface area contributed by atoms with Crippen LogP contribution in [0.1, 0.15) is 43.5 Å². The monoisotopic (exact) mass is 319 g/mol. The number of hydrogen-bond acceptors (Lipinski definition) is 6. The molecule has 0 unspecified atom stereocenters. The molecular formula is C15H21N5O3. The van der Waals surface area contributed by atoms with E-state index in [0.29, 0.717) is 25.3 Å². The molecule has 8 nitrogen and oxygen atoms in total. The van der Waals surface area contributed by atoms with Crippen LogP contribution >= 0.6 is 0 Å². The molecule has 0 bridgehead atoms. The van der Waals surface area contributed by atoms with Crippen LogP contribution in [0.4, 0.5) is 10.5 Å². The molecule has 1 aliphatic heterocycles. The quantitative estimate of drug-likeness (QED) is 0.843. The van der Waals surface area contributed by atoms with Crippen molar-refractivity contribution in [3.8, 4) is 0 Å². The van der Waals surface area contributed by atoms with Crippen molar-refractivity contribution < 1.29 is 14.3 Å². The first-order chi connectivity index (χ1) is 10.7. The molecular weight excluding hydrogens is 298 g/mol. The number of nitrogens with two attached hydrogens (primary N) is 2. The van der Waals surface area contributed by atoms with E-state index in [1.54, 1.807) is 4.90 Å². The lowest BCUT2D eigenvalue weighted by atomic mass is 10.1. The van der Waals surface area contributed by atoms with Gasteiger partial charge in [-0.15, -0.1) is 0 Å². The molecule has 0 aliphatic carbocycles. The second kappa shape index (κ2) is 6.23. The Morgan fingerprint density at radius 2 is 2.04 bits per heavy atom. The highest BCUT2D eigenvalue weighted by Crippen LogP contribution is 2.22. The number of primary amides is 1. The smallest absolute Gasteiger partial charge is 0.410 e. The molecule has 2 amide bonds. The number of rotatable bonds is 2. The summed E-state index contributed by atoms with van der Waals surface area (Å²) in [4.78, 5) is 33.1. The van der Waals surface area contributed by atoms with Crippen molar-refractivity contribution in [2.24, 2.45) is 5.73 Å². The van der Waals surface area contributed by atoms with Crippen molar-refractivity contribution in [1.29, 1.82) is 0 Å². The molecule has 2 rings (SSSR count). The van der Waals surface area contributed by atoms with Gasteiger partial charge in [0, 0.05) is 13.1 Å². The summed E-state index contributed by atoms with van der Waals surface area (Å²) in [6.45, 7) is 6.35. The number of carbonyl (C=O) groups excluding carboxylic acids is 2. The molecule has 0 atom stereocenters. The predicted octanol–water partition coefficient (Wildman–Crippen LogP) is 1.18. The van der Waals surface area contributed by atoms with E-state index < -0.39 is 11.5 Å². The van der Waals surface area contributed by atoms with Crippen LogP contribution in [0, 0.1) is 0 Å². The Labute approximate surface area is 134 Å². The molecule has 1 aromatic rings. The van der Waals surface area contributed by atoms with E-state index in [1.165, 1.54) is 6.20 Å². The number of hydrogen-bond donors (Lipinski definition) is 2. The van der Waals surface area contributed by atoms with Crippen molar-refractivity contribution in [3.63, 3.8) is 0 Å². The highest BCUT2D eigenvalue weighted by atomic mass is 16.6. The van der Waals surface area contributed by atoms with E-state index >= 15 is 0 Å². The van der Waals surface area contributed by atoms with E-state index in [2.05, 4.69) is 9.97 Å². The average Bonchev–Trinajstić information content (AvgIpc) is 2.46. The zero-order chi connectivity index (χ0) is 17.2. The molecule has 0 aromatic carbocycles. The van der Waals surface area contributed by atoms with Gasteiger partial charge in [-0.3, -0.25) is 4.79 Å². The number of aromatic nitrogens is 2. The third-order valence-electron chi connectivity index (χ3n) is 3.20. The van der Waals surface area contributed by atoms with Gasteiger partial charge in [-0.1, -0.05) is 6.08 Å². The van der Waals surface area contributed by atoms with Gasteiger partial charge in [0.2, 0.25) is 0 Å². The summed E-state index contributed by atoms with van der Waals surface area (Å²) < 4.78 is 5.33. The first kappa shape index (κ1) is 16.7. The van der Waals surface area contributed by atoms with Gasteiger partial charge in [-0.05, 0) is 32.8 Å². The van der Waals surface area contributed by atoms with Crippen LogP contribution in [0.2, 0.25) is 0 Å². The molecule has 124 valence electrons. The molecule has 2 heterocycles. The standard InChI is InChI=1S/C15H21N5O3/c1-15(2,3)23-14(22)20-6-4-9(5-7-20)13-18-8-10(16)11(19-13)12(17)21/h4,8H,5-7,16H2,1-3H3,(H2,17,21). The summed E-state index contributed by atoms with van der Waals surface area (Å²) in [6, 6.07) is 0. The molecule has 4 N–H and O–H groups in total. The van der Waals surface area contributed by atoms with Gasteiger partial charge >= 0.3 is 6.09 Å². The first-order valence-electron chi connectivity index (χ1n) is 7.27. The van der Waals surface area contributed by atoms with E-state index in [0.717, 1.165) is 5.57 Å². The Balaban J connectivity index is 2.12. The second-order valence-corrected chi connectivity index (χ2v) is 6.27. The van der Waals surface area contributed by atoms with Crippen molar-refractivity contribution in [2.75, 3.05) is 18.8 Å². The lowest BCUT2D eigenvalue weighted by Gasteiger charge is -2.29. The fourth-order valence-corrected chi connectivity index (χ4v) is 2.11.